The predicted molar refractivity (Wildman–Crippen MR) is 82.9 cm³/mol. The Morgan fingerprint density at radius 1 is 1.48 bits per heavy atom. The van der Waals surface area contributed by atoms with Gasteiger partial charge in [0.25, 0.3) is 5.91 Å². The first-order chi connectivity index (χ1) is 11.0. The summed E-state index contributed by atoms with van der Waals surface area (Å²) in [5.74, 6) is -1.67. The number of carbonyl (C=O) groups is 2. The number of benzene rings is 1. The molecule has 2 rings (SSSR count). The van der Waals surface area contributed by atoms with Crippen molar-refractivity contribution in [3.05, 3.63) is 34.6 Å². The number of carbonyl (C=O) groups excluding carboxylic acids is 2. The Morgan fingerprint density at radius 3 is 2.87 bits per heavy atom. The van der Waals surface area contributed by atoms with Crippen molar-refractivity contribution in [3.8, 4) is 0 Å². The number of hydrogen-bond donors (Lipinski definition) is 0. The molecule has 1 unspecified atom stereocenters. The van der Waals surface area contributed by atoms with E-state index in [1.165, 1.54) is 30.2 Å². The summed E-state index contributed by atoms with van der Waals surface area (Å²) in [7, 11) is 1.28. The highest BCUT2D eigenvalue weighted by Gasteiger charge is 2.27. The molecular weight excluding hydrogens is 325 g/mol. The van der Waals surface area contributed by atoms with Crippen LogP contribution in [0, 0.1) is 5.82 Å². The second-order valence-electron chi connectivity index (χ2n) is 5.31. The van der Waals surface area contributed by atoms with Crippen LogP contribution in [0.5, 0.6) is 0 Å². The summed E-state index contributed by atoms with van der Waals surface area (Å²) in [6.45, 7) is 1.06. The van der Waals surface area contributed by atoms with Crippen LogP contribution in [0.1, 0.15) is 29.6 Å². The number of nitrogens with zero attached hydrogens (tertiary/aromatic N) is 1. The topological polar surface area (TPSA) is 55.8 Å². The number of rotatable bonds is 6. The molecule has 1 heterocycles. The minimum atomic E-state index is -0.682. The van der Waals surface area contributed by atoms with E-state index in [4.69, 9.17) is 16.3 Å². The predicted octanol–water partition coefficient (Wildman–Crippen LogP) is 2.66. The number of methoxy groups -OCH3 is 1. The fourth-order valence-electron chi connectivity index (χ4n) is 2.50. The maximum atomic E-state index is 14.0. The smallest absolute Gasteiger partial charge is 0.307 e. The van der Waals surface area contributed by atoms with Crippen LogP contribution < -0.4 is 0 Å². The van der Waals surface area contributed by atoms with Crippen molar-refractivity contribution in [2.45, 2.75) is 25.4 Å². The maximum Gasteiger partial charge on any atom is 0.307 e. The monoisotopic (exact) mass is 343 g/mol. The molecule has 0 spiro atoms. The number of ether oxygens (including phenoxy) is 2. The zero-order valence-corrected chi connectivity index (χ0v) is 13.6. The van der Waals surface area contributed by atoms with Gasteiger partial charge in [0.15, 0.2) is 0 Å². The van der Waals surface area contributed by atoms with Gasteiger partial charge in [0.05, 0.1) is 30.2 Å². The Hall–Kier alpha value is -1.66. The highest BCUT2D eigenvalue weighted by Crippen LogP contribution is 2.22. The van der Waals surface area contributed by atoms with Crippen LogP contribution in [0.25, 0.3) is 0 Å². The van der Waals surface area contributed by atoms with Crippen molar-refractivity contribution in [2.75, 3.05) is 26.8 Å². The first-order valence-corrected chi connectivity index (χ1v) is 7.82. The SMILES string of the molecule is COC(=O)CCN(CC1CCCO1)C(=O)c1c(F)cccc1Cl. The summed E-state index contributed by atoms with van der Waals surface area (Å²) in [6, 6.07) is 4.08. The Labute approximate surface area is 139 Å². The Balaban J connectivity index is 2.16. The van der Waals surface area contributed by atoms with Gasteiger partial charge in [-0.15, -0.1) is 0 Å². The van der Waals surface area contributed by atoms with Gasteiger partial charge in [-0.2, -0.15) is 0 Å². The molecule has 1 aromatic rings. The lowest BCUT2D eigenvalue weighted by molar-refractivity contribution is -0.140. The minimum Gasteiger partial charge on any atom is -0.469 e. The molecule has 1 aliphatic rings. The van der Waals surface area contributed by atoms with Crippen molar-refractivity contribution in [3.63, 3.8) is 0 Å². The van der Waals surface area contributed by atoms with Gasteiger partial charge in [0.2, 0.25) is 0 Å². The van der Waals surface area contributed by atoms with Gasteiger partial charge in [-0.1, -0.05) is 17.7 Å². The third kappa shape index (κ3) is 4.65. The summed E-state index contributed by atoms with van der Waals surface area (Å²) < 4.78 is 24.1. The van der Waals surface area contributed by atoms with Crippen molar-refractivity contribution in [1.82, 2.24) is 4.90 Å². The van der Waals surface area contributed by atoms with Crippen LogP contribution in [-0.2, 0) is 14.3 Å². The highest BCUT2D eigenvalue weighted by atomic mass is 35.5. The Morgan fingerprint density at radius 2 is 2.26 bits per heavy atom. The molecule has 1 amide bonds. The average molecular weight is 344 g/mol. The van der Waals surface area contributed by atoms with Crippen molar-refractivity contribution in [1.29, 1.82) is 0 Å². The number of halogens is 2. The minimum absolute atomic E-state index is 0.0288. The van der Waals surface area contributed by atoms with E-state index >= 15 is 0 Å². The molecule has 1 aromatic carbocycles. The largest absolute Gasteiger partial charge is 0.469 e. The van der Waals surface area contributed by atoms with Gasteiger partial charge in [-0.05, 0) is 25.0 Å². The van der Waals surface area contributed by atoms with Gasteiger partial charge >= 0.3 is 5.97 Å². The van der Waals surface area contributed by atoms with E-state index in [1.54, 1.807) is 0 Å². The first kappa shape index (κ1) is 17.7. The van der Waals surface area contributed by atoms with Gasteiger partial charge in [-0.3, -0.25) is 9.59 Å². The van der Waals surface area contributed by atoms with E-state index in [0.717, 1.165) is 12.8 Å². The molecule has 0 N–H and O–H groups in total. The second-order valence-corrected chi connectivity index (χ2v) is 5.72. The highest BCUT2D eigenvalue weighted by molar-refractivity contribution is 6.33. The molecule has 1 atom stereocenters. The summed E-state index contributed by atoms with van der Waals surface area (Å²) in [5, 5.41) is 0.0467. The molecule has 1 fully saturated rings. The van der Waals surface area contributed by atoms with Gasteiger partial charge in [0, 0.05) is 19.7 Å². The van der Waals surface area contributed by atoms with Crippen LogP contribution in [0.3, 0.4) is 0 Å². The van der Waals surface area contributed by atoms with E-state index in [1.807, 2.05) is 0 Å². The Kier molecular flexibility index (Phi) is 6.36. The van der Waals surface area contributed by atoms with Crippen molar-refractivity contribution < 1.29 is 23.5 Å². The standard InChI is InChI=1S/C16H19ClFNO4/c1-22-14(20)7-8-19(10-11-4-3-9-23-11)16(21)15-12(17)5-2-6-13(15)18/h2,5-6,11H,3-4,7-10H2,1H3. The van der Waals surface area contributed by atoms with Gasteiger partial charge < -0.3 is 14.4 Å². The Bertz CT molecular complexity index is 555. The molecule has 1 aliphatic heterocycles. The molecule has 7 heteroatoms. The third-order valence-corrected chi connectivity index (χ3v) is 4.04. The number of hydrogen-bond acceptors (Lipinski definition) is 4. The zero-order valence-electron chi connectivity index (χ0n) is 12.9. The molecular formula is C16H19ClFNO4. The van der Waals surface area contributed by atoms with E-state index < -0.39 is 17.7 Å². The van der Waals surface area contributed by atoms with E-state index in [0.29, 0.717) is 13.2 Å². The van der Waals surface area contributed by atoms with E-state index in [9.17, 15) is 14.0 Å². The lowest BCUT2D eigenvalue weighted by atomic mass is 10.1. The second kappa shape index (κ2) is 8.26. The van der Waals surface area contributed by atoms with E-state index in [2.05, 4.69) is 4.74 Å². The quantitative estimate of drug-likeness (QED) is 0.745. The van der Waals surface area contributed by atoms with Crippen LogP contribution in [0.2, 0.25) is 5.02 Å². The van der Waals surface area contributed by atoms with Crippen LogP contribution in [0.15, 0.2) is 18.2 Å². The lowest BCUT2D eigenvalue weighted by Crippen LogP contribution is -2.39. The maximum absolute atomic E-state index is 14.0. The summed E-state index contributed by atoms with van der Waals surface area (Å²) in [5.41, 5.74) is -0.183. The summed E-state index contributed by atoms with van der Waals surface area (Å²) in [4.78, 5) is 25.4. The molecule has 1 saturated heterocycles. The molecule has 23 heavy (non-hydrogen) atoms. The number of amides is 1. The average Bonchev–Trinajstić information content (AvgIpc) is 3.03. The molecule has 5 nitrogen and oxygen atoms in total. The summed E-state index contributed by atoms with van der Waals surface area (Å²) in [6.07, 6.45) is 1.67. The first-order valence-electron chi connectivity index (χ1n) is 7.44. The van der Waals surface area contributed by atoms with E-state index in [-0.39, 0.29) is 29.7 Å². The molecule has 0 aromatic heterocycles. The van der Waals surface area contributed by atoms with Crippen LogP contribution >= 0.6 is 11.6 Å². The fourth-order valence-corrected chi connectivity index (χ4v) is 2.74. The van der Waals surface area contributed by atoms with Crippen molar-refractivity contribution in [2.24, 2.45) is 0 Å². The molecule has 0 bridgehead atoms. The van der Waals surface area contributed by atoms with Crippen molar-refractivity contribution >= 4 is 23.5 Å². The van der Waals surface area contributed by atoms with Crippen LogP contribution in [0.4, 0.5) is 4.39 Å². The fraction of sp³-hybridized carbons (Fsp3) is 0.500. The molecule has 0 aliphatic carbocycles. The van der Waals surface area contributed by atoms with Crippen LogP contribution in [-0.4, -0.2) is 49.7 Å². The zero-order chi connectivity index (χ0) is 16.8. The third-order valence-electron chi connectivity index (χ3n) is 3.73. The lowest BCUT2D eigenvalue weighted by Gasteiger charge is -2.25. The van der Waals surface area contributed by atoms with Gasteiger partial charge in [-0.25, -0.2) is 4.39 Å². The normalized spacial score (nSPS) is 17.1. The molecule has 0 saturated carbocycles. The molecule has 0 radical (unpaired) electrons. The molecule has 126 valence electrons. The summed E-state index contributed by atoms with van der Waals surface area (Å²) >= 11 is 5.96. The number of esters is 1. The van der Waals surface area contributed by atoms with Gasteiger partial charge in [0.1, 0.15) is 5.82 Å².